The van der Waals surface area contributed by atoms with Crippen LogP contribution in [-0.4, -0.2) is 23.6 Å². The summed E-state index contributed by atoms with van der Waals surface area (Å²) in [6, 6.07) is 7.30. The molecule has 0 unspecified atom stereocenters. The molecule has 1 aromatic heterocycles. The van der Waals surface area contributed by atoms with Crippen molar-refractivity contribution >= 4 is 56.9 Å². The summed E-state index contributed by atoms with van der Waals surface area (Å²) in [5.74, 6) is -0.434. The number of benzene rings is 1. The molecule has 3 N–H and O–H groups in total. The first-order valence-corrected chi connectivity index (χ1v) is 11.5. The molecule has 1 aromatic carbocycles. The molecule has 1 aliphatic carbocycles. The Bertz CT molecular complexity index is 940. The van der Waals surface area contributed by atoms with Gasteiger partial charge in [-0.25, -0.2) is 4.79 Å². The molecule has 2 aromatic rings. The largest absolute Gasteiger partial charge is 0.462 e. The molecular formula is C22H27N3O3S2. The maximum absolute atomic E-state index is 12.7. The van der Waals surface area contributed by atoms with Crippen LogP contribution in [0.5, 0.6) is 0 Å². The number of amides is 1. The molecule has 160 valence electrons. The van der Waals surface area contributed by atoms with Crippen LogP contribution in [0.1, 0.15) is 60.3 Å². The van der Waals surface area contributed by atoms with E-state index in [0.717, 1.165) is 41.9 Å². The van der Waals surface area contributed by atoms with E-state index in [4.69, 9.17) is 17.0 Å². The Labute approximate surface area is 186 Å². The van der Waals surface area contributed by atoms with Gasteiger partial charge in [0.1, 0.15) is 5.00 Å². The second-order valence-corrected chi connectivity index (χ2v) is 8.70. The summed E-state index contributed by atoms with van der Waals surface area (Å²) in [5, 5.41) is 10.2. The number of thiophene rings is 1. The lowest BCUT2D eigenvalue weighted by molar-refractivity contribution is -0.114. The van der Waals surface area contributed by atoms with Gasteiger partial charge in [0.25, 0.3) is 0 Å². The van der Waals surface area contributed by atoms with Gasteiger partial charge in [0.2, 0.25) is 5.91 Å². The van der Waals surface area contributed by atoms with Crippen LogP contribution in [0.25, 0.3) is 0 Å². The SMILES string of the molecule is CCOC(=O)c1c(NC(=S)Nc2cccc(NC(C)=O)c2)sc2c1CCCCCC2. The standard InChI is InChI=1S/C22H27N3O3S2/c1-3-28-21(27)19-17-11-6-4-5-7-12-18(17)30-20(19)25-22(29)24-16-10-8-9-15(13-16)23-14(2)26/h8-10,13H,3-7,11-12H2,1-2H3,(H,23,26)(H2,24,25,29). The minimum Gasteiger partial charge on any atom is -0.462 e. The highest BCUT2D eigenvalue weighted by atomic mass is 32.1. The number of nitrogens with one attached hydrogen (secondary N) is 3. The van der Waals surface area contributed by atoms with Gasteiger partial charge in [0.05, 0.1) is 12.2 Å². The lowest BCUT2D eigenvalue weighted by Gasteiger charge is -2.13. The van der Waals surface area contributed by atoms with Crippen molar-refractivity contribution in [2.75, 3.05) is 22.6 Å². The summed E-state index contributed by atoms with van der Waals surface area (Å²) < 4.78 is 5.34. The van der Waals surface area contributed by atoms with Gasteiger partial charge >= 0.3 is 5.97 Å². The Morgan fingerprint density at radius 2 is 1.77 bits per heavy atom. The molecule has 0 atom stereocenters. The molecule has 0 radical (unpaired) electrons. The number of aryl methyl sites for hydroxylation is 1. The zero-order chi connectivity index (χ0) is 21.5. The van der Waals surface area contributed by atoms with Crippen molar-refractivity contribution in [3.63, 3.8) is 0 Å². The quantitative estimate of drug-likeness (QED) is 0.425. The third kappa shape index (κ3) is 5.79. The highest BCUT2D eigenvalue weighted by molar-refractivity contribution is 7.80. The Morgan fingerprint density at radius 1 is 1.07 bits per heavy atom. The third-order valence-electron chi connectivity index (χ3n) is 4.82. The molecule has 0 saturated carbocycles. The van der Waals surface area contributed by atoms with Gasteiger partial charge < -0.3 is 20.7 Å². The Hall–Kier alpha value is -2.45. The molecule has 6 nitrogen and oxygen atoms in total. The number of thiocarbonyl (C=S) groups is 1. The first-order valence-electron chi connectivity index (χ1n) is 10.2. The summed E-state index contributed by atoms with van der Waals surface area (Å²) in [5.41, 5.74) is 3.15. The minimum atomic E-state index is -0.298. The highest BCUT2D eigenvalue weighted by Crippen LogP contribution is 2.37. The molecule has 0 saturated heterocycles. The van der Waals surface area contributed by atoms with Crippen molar-refractivity contribution in [1.29, 1.82) is 0 Å². The molecule has 0 bridgehead atoms. The summed E-state index contributed by atoms with van der Waals surface area (Å²) in [4.78, 5) is 25.2. The van der Waals surface area contributed by atoms with E-state index in [2.05, 4.69) is 16.0 Å². The second-order valence-electron chi connectivity index (χ2n) is 7.18. The summed E-state index contributed by atoms with van der Waals surface area (Å²) in [6.45, 7) is 3.61. The number of esters is 1. The van der Waals surface area contributed by atoms with E-state index < -0.39 is 0 Å². The number of carbonyl (C=O) groups is 2. The van der Waals surface area contributed by atoms with E-state index in [1.54, 1.807) is 23.5 Å². The molecule has 1 heterocycles. The fourth-order valence-electron chi connectivity index (χ4n) is 3.57. The van der Waals surface area contributed by atoms with Gasteiger partial charge in [-0.2, -0.15) is 0 Å². The van der Waals surface area contributed by atoms with Crippen LogP contribution < -0.4 is 16.0 Å². The topological polar surface area (TPSA) is 79.5 Å². The molecule has 8 heteroatoms. The molecule has 0 aliphatic heterocycles. The van der Waals surface area contributed by atoms with E-state index in [1.807, 2.05) is 19.1 Å². The predicted octanol–water partition coefficient (Wildman–Crippen LogP) is 5.35. The Balaban J connectivity index is 1.81. The molecule has 0 fully saturated rings. The number of hydrogen-bond donors (Lipinski definition) is 3. The maximum atomic E-state index is 12.7. The van der Waals surface area contributed by atoms with E-state index in [0.29, 0.717) is 23.0 Å². The van der Waals surface area contributed by atoms with Crippen molar-refractivity contribution in [3.05, 3.63) is 40.3 Å². The number of fused-ring (bicyclic) bond motifs is 1. The van der Waals surface area contributed by atoms with Gasteiger partial charge in [-0.05, 0) is 68.6 Å². The average Bonchev–Trinajstić information content (AvgIpc) is 2.97. The molecule has 0 spiro atoms. The summed E-state index contributed by atoms with van der Waals surface area (Å²) >= 11 is 7.09. The van der Waals surface area contributed by atoms with E-state index in [-0.39, 0.29) is 11.9 Å². The maximum Gasteiger partial charge on any atom is 0.341 e. The number of hydrogen-bond acceptors (Lipinski definition) is 5. The van der Waals surface area contributed by atoms with E-state index >= 15 is 0 Å². The number of rotatable bonds is 5. The highest BCUT2D eigenvalue weighted by Gasteiger charge is 2.25. The van der Waals surface area contributed by atoms with Crippen molar-refractivity contribution in [2.45, 2.75) is 52.4 Å². The van der Waals surface area contributed by atoms with Crippen molar-refractivity contribution in [2.24, 2.45) is 0 Å². The van der Waals surface area contributed by atoms with Crippen molar-refractivity contribution < 1.29 is 14.3 Å². The lowest BCUT2D eigenvalue weighted by atomic mass is 9.96. The van der Waals surface area contributed by atoms with Gasteiger partial charge in [-0.1, -0.05) is 18.9 Å². The van der Waals surface area contributed by atoms with Gasteiger partial charge in [0, 0.05) is 23.2 Å². The van der Waals surface area contributed by atoms with Crippen LogP contribution in [0.4, 0.5) is 16.4 Å². The third-order valence-corrected chi connectivity index (χ3v) is 6.23. The van der Waals surface area contributed by atoms with Crippen LogP contribution in [0.2, 0.25) is 0 Å². The Morgan fingerprint density at radius 3 is 2.47 bits per heavy atom. The first-order chi connectivity index (χ1) is 14.5. The molecule has 1 aliphatic rings. The fraction of sp³-hybridized carbons (Fsp3) is 0.409. The normalized spacial score (nSPS) is 13.4. The van der Waals surface area contributed by atoms with E-state index in [9.17, 15) is 9.59 Å². The zero-order valence-electron chi connectivity index (χ0n) is 17.3. The van der Waals surface area contributed by atoms with Crippen molar-refractivity contribution in [3.8, 4) is 0 Å². The number of anilines is 3. The predicted molar refractivity (Wildman–Crippen MR) is 127 cm³/mol. The van der Waals surface area contributed by atoms with Gasteiger partial charge in [-0.3, -0.25) is 4.79 Å². The van der Waals surface area contributed by atoms with Crippen molar-refractivity contribution in [1.82, 2.24) is 0 Å². The Kier molecular flexibility index (Phi) is 7.81. The minimum absolute atomic E-state index is 0.136. The number of ether oxygens (including phenoxy) is 1. The van der Waals surface area contributed by atoms with Crippen LogP contribution in [-0.2, 0) is 22.4 Å². The van der Waals surface area contributed by atoms with Crippen LogP contribution in [0.15, 0.2) is 24.3 Å². The van der Waals surface area contributed by atoms with Crippen LogP contribution in [0.3, 0.4) is 0 Å². The van der Waals surface area contributed by atoms with Gasteiger partial charge in [-0.15, -0.1) is 11.3 Å². The smallest absolute Gasteiger partial charge is 0.341 e. The molecule has 1 amide bonds. The lowest BCUT2D eigenvalue weighted by Crippen LogP contribution is -2.20. The van der Waals surface area contributed by atoms with Crippen LogP contribution >= 0.6 is 23.6 Å². The van der Waals surface area contributed by atoms with Gasteiger partial charge in [0.15, 0.2) is 5.11 Å². The molecule has 30 heavy (non-hydrogen) atoms. The molecule has 3 rings (SSSR count). The monoisotopic (exact) mass is 445 g/mol. The number of carbonyl (C=O) groups excluding carboxylic acids is 2. The van der Waals surface area contributed by atoms with E-state index in [1.165, 1.54) is 24.6 Å². The first kappa shape index (κ1) is 22.2. The average molecular weight is 446 g/mol. The fourth-order valence-corrected chi connectivity index (χ4v) is 5.14. The zero-order valence-corrected chi connectivity index (χ0v) is 18.9. The molecular weight excluding hydrogens is 418 g/mol. The van der Waals surface area contributed by atoms with Crippen LogP contribution in [0, 0.1) is 0 Å². The summed E-state index contributed by atoms with van der Waals surface area (Å²) in [6.07, 6.45) is 6.49. The second kappa shape index (κ2) is 10.5. The summed E-state index contributed by atoms with van der Waals surface area (Å²) in [7, 11) is 0.